The first-order chi connectivity index (χ1) is 7.40. The van der Waals surface area contributed by atoms with Crippen LogP contribution in [0, 0.1) is 0 Å². The van der Waals surface area contributed by atoms with Gasteiger partial charge in [-0.15, -0.1) is 0 Å². The van der Waals surface area contributed by atoms with Gasteiger partial charge >= 0.3 is 0 Å². The van der Waals surface area contributed by atoms with E-state index in [2.05, 4.69) is 5.32 Å². The van der Waals surface area contributed by atoms with Gasteiger partial charge in [0.05, 0.1) is 11.1 Å². The van der Waals surface area contributed by atoms with Crippen molar-refractivity contribution in [2.45, 2.75) is 63.5 Å². The largest absolute Gasteiger partial charge is 0.388 e. The average molecular weight is 228 g/mol. The Balaban J connectivity index is 2.40. The Hall–Kier alpha value is -0.610. The van der Waals surface area contributed by atoms with Crippen LogP contribution in [0.1, 0.15) is 52.4 Å². The van der Waals surface area contributed by atoms with Gasteiger partial charge in [-0.2, -0.15) is 0 Å². The molecular weight excluding hydrogens is 204 g/mol. The van der Waals surface area contributed by atoms with E-state index in [0.717, 1.165) is 32.1 Å². The van der Waals surface area contributed by atoms with E-state index < -0.39 is 11.1 Å². The number of aliphatic hydroxyl groups is 1. The molecule has 94 valence electrons. The highest BCUT2D eigenvalue weighted by atomic mass is 16.3. The van der Waals surface area contributed by atoms with E-state index in [-0.39, 0.29) is 5.91 Å². The van der Waals surface area contributed by atoms with Gasteiger partial charge in [-0.3, -0.25) is 4.79 Å². The Kier molecular flexibility index (Phi) is 4.33. The molecule has 0 spiro atoms. The van der Waals surface area contributed by atoms with Crippen LogP contribution < -0.4 is 11.1 Å². The molecule has 1 amide bonds. The van der Waals surface area contributed by atoms with Gasteiger partial charge in [0.15, 0.2) is 0 Å². The summed E-state index contributed by atoms with van der Waals surface area (Å²) in [6, 6.07) is 0. The number of rotatable bonds is 5. The minimum Gasteiger partial charge on any atom is -0.388 e. The summed E-state index contributed by atoms with van der Waals surface area (Å²) in [5.41, 5.74) is 4.50. The fourth-order valence-electron chi connectivity index (χ4n) is 2.31. The molecular formula is C12H24N2O2. The van der Waals surface area contributed by atoms with Crippen molar-refractivity contribution in [3.63, 3.8) is 0 Å². The quantitative estimate of drug-likeness (QED) is 0.655. The van der Waals surface area contributed by atoms with Crippen LogP contribution in [0.2, 0.25) is 0 Å². The first-order valence-electron chi connectivity index (χ1n) is 6.19. The summed E-state index contributed by atoms with van der Waals surface area (Å²) in [6.07, 6.45) is 5.15. The first-order valence-corrected chi connectivity index (χ1v) is 6.19. The standard InChI is InChI=1S/C12H24N2O2/c1-3-6-11(2,16)9-14-10(15)12(13)7-4-5-8-12/h16H,3-9,13H2,1-2H3,(H,14,15). The van der Waals surface area contributed by atoms with E-state index in [4.69, 9.17) is 5.73 Å². The molecule has 1 fully saturated rings. The van der Waals surface area contributed by atoms with Gasteiger partial charge in [0, 0.05) is 6.54 Å². The molecule has 1 saturated carbocycles. The van der Waals surface area contributed by atoms with Crippen molar-refractivity contribution >= 4 is 5.91 Å². The second kappa shape index (κ2) is 5.15. The fourth-order valence-corrected chi connectivity index (χ4v) is 2.31. The molecule has 0 radical (unpaired) electrons. The number of nitrogens with two attached hydrogens (primary N) is 1. The smallest absolute Gasteiger partial charge is 0.240 e. The highest BCUT2D eigenvalue weighted by molar-refractivity contribution is 5.86. The normalized spacial score (nSPS) is 22.8. The summed E-state index contributed by atoms with van der Waals surface area (Å²) in [5.74, 6) is -0.110. The minimum atomic E-state index is -0.820. The Morgan fingerprint density at radius 1 is 1.50 bits per heavy atom. The van der Waals surface area contributed by atoms with E-state index >= 15 is 0 Å². The molecule has 0 aromatic heterocycles. The molecule has 1 rings (SSSR count). The summed E-state index contributed by atoms with van der Waals surface area (Å²) in [7, 11) is 0. The molecule has 4 heteroatoms. The van der Waals surface area contributed by atoms with Crippen molar-refractivity contribution in [3.05, 3.63) is 0 Å². The predicted octanol–water partition coefficient (Wildman–Crippen LogP) is 0.925. The summed E-state index contributed by atoms with van der Waals surface area (Å²) < 4.78 is 0. The summed E-state index contributed by atoms with van der Waals surface area (Å²) in [5, 5.41) is 12.7. The highest BCUT2D eigenvalue weighted by Gasteiger charge is 2.37. The number of hydrogen-bond acceptors (Lipinski definition) is 3. The molecule has 1 aliphatic carbocycles. The van der Waals surface area contributed by atoms with E-state index in [1.54, 1.807) is 6.92 Å². The Labute approximate surface area is 97.6 Å². The Morgan fingerprint density at radius 3 is 2.56 bits per heavy atom. The summed E-state index contributed by atoms with van der Waals surface area (Å²) >= 11 is 0. The highest BCUT2D eigenvalue weighted by Crippen LogP contribution is 2.27. The summed E-state index contributed by atoms with van der Waals surface area (Å²) in [6.45, 7) is 4.05. The topological polar surface area (TPSA) is 75.3 Å². The lowest BCUT2D eigenvalue weighted by Crippen LogP contribution is -2.54. The molecule has 0 aromatic rings. The SMILES string of the molecule is CCCC(C)(O)CNC(=O)C1(N)CCCC1. The monoisotopic (exact) mass is 228 g/mol. The molecule has 1 aliphatic rings. The maximum Gasteiger partial charge on any atom is 0.240 e. The van der Waals surface area contributed by atoms with E-state index in [9.17, 15) is 9.90 Å². The maximum absolute atomic E-state index is 11.9. The zero-order valence-electron chi connectivity index (χ0n) is 10.4. The third-order valence-electron chi connectivity index (χ3n) is 3.37. The Bertz CT molecular complexity index is 245. The minimum absolute atomic E-state index is 0.110. The molecule has 0 heterocycles. The van der Waals surface area contributed by atoms with Gasteiger partial charge in [0.2, 0.25) is 5.91 Å². The average Bonchev–Trinajstić information content (AvgIpc) is 2.63. The van der Waals surface area contributed by atoms with E-state index in [1.807, 2.05) is 6.92 Å². The van der Waals surface area contributed by atoms with Gasteiger partial charge in [0.25, 0.3) is 0 Å². The van der Waals surface area contributed by atoms with Crippen LogP contribution in [0.3, 0.4) is 0 Å². The van der Waals surface area contributed by atoms with Crippen molar-refractivity contribution in [3.8, 4) is 0 Å². The first kappa shape index (κ1) is 13.5. The number of carbonyl (C=O) groups excluding carboxylic acids is 1. The molecule has 1 unspecified atom stereocenters. The van der Waals surface area contributed by atoms with Crippen LogP contribution in [-0.2, 0) is 4.79 Å². The number of amides is 1. The van der Waals surface area contributed by atoms with Crippen molar-refractivity contribution in [1.29, 1.82) is 0 Å². The lowest BCUT2D eigenvalue weighted by Gasteiger charge is -2.27. The zero-order valence-corrected chi connectivity index (χ0v) is 10.4. The maximum atomic E-state index is 11.9. The molecule has 4 nitrogen and oxygen atoms in total. The van der Waals surface area contributed by atoms with Gasteiger partial charge in [-0.1, -0.05) is 26.2 Å². The molecule has 0 aliphatic heterocycles. The van der Waals surface area contributed by atoms with Crippen molar-refractivity contribution in [2.24, 2.45) is 5.73 Å². The van der Waals surface area contributed by atoms with Gasteiger partial charge in [0.1, 0.15) is 0 Å². The van der Waals surface area contributed by atoms with Crippen LogP contribution in [0.4, 0.5) is 0 Å². The second-order valence-electron chi connectivity index (χ2n) is 5.29. The molecule has 4 N–H and O–H groups in total. The van der Waals surface area contributed by atoms with Crippen molar-refractivity contribution in [1.82, 2.24) is 5.32 Å². The lowest BCUT2D eigenvalue weighted by atomic mass is 9.96. The van der Waals surface area contributed by atoms with Gasteiger partial charge in [-0.25, -0.2) is 0 Å². The van der Waals surface area contributed by atoms with Crippen LogP contribution in [-0.4, -0.2) is 28.7 Å². The third-order valence-corrected chi connectivity index (χ3v) is 3.37. The van der Waals surface area contributed by atoms with Crippen molar-refractivity contribution in [2.75, 3.05) is 6.54 Å². The summed E-state index contributed by atoms with van der Waals surface area (Å²) in [4.78, 5) is 11.9. The zero-order chi connectivity index (χ0) is 12.2. The molecule has 0 saturated heterocycles. The third kappa shape index (κ3) is 3.46. The Morgan fingerprint density at radius 2 is 2.06 bits per heavy atom. The van der Waals surface area contributed by atoms with Crippen LogP contribution >= 0.6 is 0 Å². The number of nitrogens with one attached hydrogen (secondary N) is 1. The van der Waals surface area contributed by atoms with Gasteiger partial charge in [-0.05, 0) is 26.2 Å². The van der Waals surface area contributed by atoms with Gasteiger partial charge < -0.3 is 16.2 Å². The van der Waals surface area contributed by atoms with Crippen LogP contribution in [0.25, 0.3) is 0 Å². The fraction of sp³-hybridized carbons (Fsp3) is 0.917. The molecule has 16 heavy (non-hydrogen) atoms. The lowest BCUT2D eigenvalue weighted by molar-refractivity contribution is -0.127. The van der Waals surface area contributed by atoms with Crippen LogP contribution in [0.5, 0.6) is 0 Å². The number of carbonyl (C=O) groups is 1. The molecule has 0 aromatic carbocycles. The predicted molar refractivity (Wildman–Crippen MR) is 63.9 cm³/mol. The molecule has 0 bridgehead atoms. The van der Waals surface area contributed by atoms with Crippen LogP contribution in [0.15, 0.2) is 0 Å². The second-order valence-corrected chi connectivity index (χ2v) is 5.29. The van der Waals surface area contributed by atoms with E-state index in [0.29, 0.717) is 13.0 Å². The number of hydrogen-bond donors (Lipinski definition) is 3. The molecule has 1 atom stereocenters. The van der Waals surface area contributed by atoms with E-state index in [1.165, 1.54) is 0 Å². The van der Waals surface area contributed by atoms with Crippen molar-refractivity contribution < 1.29 is 9.90 Å².